The first-order valence-corrected chi connectivity index (χ1v) is 8.88. The van der Waals surface area contributed by atoms with Gasteiger partial charge in [0.05, 0.1) is 7.11 Å². The summed E-state index contributed by atoms with van der Waals surface area (Å²) in [7, 11) is 1.63. The summed E-state index contributed by atoms with van der Waals surface area (Å²) in [6, 6.07) is 17.4. The number of carbonyl (C=O) groups is 2. The van der Waals surface area contributed by atoms with Crippen molar-refractivity contribution in [3.8, 4) is 5.75 Å². The Balaban J connectivity index is 1.50. The molecular weight excluding hydrogens is 328 g/mol. The maximum Gasteiger partial charge on any atom is 0.235 e. The van der Waals surface area contributed by atoms with E-state index in [1.807, 2.05) is 54.6 Å². The molecule has 0 aromatic heterocycles. The molecule has 136 valence electrons. The topological polar surface area (TPSA) is 67.4 Å². The SMILES string of the molecule is COc1ccccc1CCNC(=O)C1(C(=O)NCc2ccccc2)CC1. The number of carbonyl (C=O) groups excluding carboxylic acids is 2. The van der Waals surface area contributed by atoms with E-state index < -0.39 is 5.41 Å². The van der Waals surface area contributed by atoms with Gasteiger partial charge in [-0.15, -0.1) is 0 Å². The second-order valence-electron chi connectivity index (χ2n) is 6.57. The molecule has 26 heavy (non-hydrogen) atoms. The van der Waals surface area contributed by atoms with Crippen LogP contribution in [0.3, 0.4) is 0 Å². The highest BCUT2D eigenvalue weighted by molar-refractivity contribution is 6.07. The van der Waals surface area contributed by atoms with Gasteiger partial charge in [-0.25, -0.2) is 0 Å². The third kappa shape index (κ3) is 4.04. The fourth-order valence-electron chi connectivity index (χ4n) is 3.02. The van der Waals surface area contributed by atoms with Crippen LogP contribution in [-0.4, -0.2) is 25.5 Å². The predicted molar refractivity (Wildman–Crippen MR) is 99.7 cm³/mol. The number of hydrogen-bond donors (Lipinski definition) is 2. The van der Waals surface area contributed by atoms with E-state index in [9.17, 15) is 9.59 Å². The summed E-state index contributed by atoms with van der Waals surface area (Å²) in [6.07, 6.45) is 1.87. The van der Waals surface area contributed by atoms with Crippen molar-refractivity contribution >= 4 is 11.8 Å². The van der Waals surface area contributed by atoms with Crippen molar-refractivity contribution in [1.82, 2.24) is 10.6 Å². The van der Waals surface area contributed by atoms with Crippen LogP contribution >= 0.6 is 0 Å². The number of para-hydroxylation sites is 1. The number of hydrogen-bond acceptors (Lipinski definition) is 3. The largest absolute Gasteiger partial charge is 0.496 e. The van der Waals surface area contributed by atoms with E-state index in [0.29, 0.717) is 32.4 Å². The molecule has 0 saturated heterocycles. The average molecular weight is 352 g/mol. The van der Waals surface area contributed by atoms with Crippen LogP contribution in [0.25, 0.3) is 0 Å². The molecule has 2 aromatic rings. The Morgan fingerprint density at radius 3 is 2.31 bits per heavy atom. The van der Waals surface area contributed by atoms with Crippen LogP contribution in [0.1, 0.15) is 24.0 Å². The van der Waals surface area contributed by atoms with Crippen LogP contribution in [0.4, 0.5) is 0 Å². The molecule has 1 saturated carbocycles. The van der Waals surface area contributed by atoms with Crippen LogP contribution in [0, 0.1) is 5.41 Å². The van der Waals surface area contributed by atoms with Gasteiger partial charge in [-0.3, -0.25) is 9.59 Å². The molecular formula is C21H24N2O3. The van der Waals surface area contributed by atoms with E-state index in [1.165, 1.54) is 0 Å². The van der Waals surface area contributed by atoms with Gasteiger partial charge in [0.1, 0.15) is 11.2 Å². The molecule has 1 aliphatic rings. The highest BCUT2D eigenvalue weighted by Gasteiger charge is 2.56. The highest BCUT2D eigenvalue weighted by atomic mass is 16.5. The van der Waals surface area contributed by atoms with Gasteiger partial charge >= 0.3 is 0 Å². The fraction of sp³-hybridized carbons (Fsp3) is 0.333. The summed E-state index contributed by atoms with van der Waals surface area (Å²) >= 11 is 0. The summed E-state index contributed by atoms with van der Waals surface area (Å²) in [5.41, 5.74) is 1.16. The van der Waals surface area contributed by atoms with Gasteiger partial charge in [-0.1, -0.05) is 48.5 Å². The van der Waals surface area contributed by atoms with Crippen LogP contribution in [-0.2, 0) is 22.6 Å². The number of nitrogens with one attached hydrogen (secondary N) is 2. The van der Waals surface area contributed by atoms with Gasteiger partial charge in [0.25, 0.3) is 0 Å². The Kier molecular flexibility index (Phi) is 5.56. The van der Waals surface area contributed by atoms with E-state index >= 15 is 0 Å². The van der Waals surface area contributed by atoms with Gasteiger partial charge in [0, 0.05) is 13.1 Å². The molecule has 3 rings (SSSR count). The monoisotopic (exact) mass is 352 g/mol. The summed E-state index contributed by atoms with van der Waals surface area (Å²) in [6.45, 7) is 0.919. The predicted octanol–water partition coefficient (Wildman–Crippen LogP) is 2.45. The molecule has 0 spiro atoms. The molecule has 0 atom stereocenters. The van der Waals surface area contributed by atoms with Gasteiger partial charge < -0.3 is 15.4 Å². The highest BCUT2D eigenvalue weighted by Crippen LogP contribution is 2.46. The molecule has 0 bridgehead atoms. The first kappa shape index (κ1) is 18.0. The third-order valence-corrected chi connectivity index (χ3v) is 4.79. The van der Waals surface area contributed by atoms with E-state index in [2.05, 4.69) is 10.6 Å². The molecule has 0 unspecified atom stereocenters. The first-order chi connectivity index (χ1) is 12.7. The van der Waals surface area contributed by atoms with Gasteiger partial charge in [0.15, 0.2) is 0 Å². The van der Waals surface area contributed by atoms with E-state index in [0.717, 1.165) is 16.9 Å². The molecule has 1 fully saturated rings. The Bertz CT molecular complexity index is 770. The molecule has 0 radical (unpaired) electrons. The molecule has 5 nitrogen and oxygen atoms in total. The lowest BCUT2D eigenvalue weighted by molar-refractivity contribution is -0.137. The zero-order chi connectivity index (χ0) is 18.4. The van der Waals surface area contributed by atoms with Crippen molar-refractivity contribution in [2.24, 2.45) is 5.41 Å². The van der Waals surface area contributed by atoms with Crippen molar-refractivity contribution in [3.05, 3.63) is 65.7 Å². The summed E-state index contributed by atoms with van der Waals surface area (Å²) in [5, 5.41) is 5.80. The molecule has 5 heteroatoms. The van der Waals surface area contributed by atoms with Crippen LogP contribution in [0.2, 0.25) is 0 Å². The van der Waals surface area contributed by atoms with E-state index in [4.69, 9.17) is 4.74 Å². The van der Waals surface area contributed by atoms with Crippen molar-refractivity contribution in [3.63, 3.8) is 0 Å². The smallest absolute Gasteiger partial charge is 0.235 e. The second-order valence-corrected chi connectivity index (χ2v) is 6.57. The van der Waals surface area contributed by atoms with E-state index in [1.54, 1.807) is 7.11 Å². The summed E-state index contributed by atoms with van der Waals surface area (Å²) < 4.78 is 5.32. The van der Waals surface area contributed by atoms with Crippen LogP contribution < -0.4 is 15.4 Å². The Morgan fingerprint density at radius 1 is 0.962 bits per heavy atom. The number of ether oxygens (including phenoxy) is 1. The Morgan fingerprint density at radius 2 is 1.62 bits per heavy atom. The number of amides is 2. The van der Waals surface area contributed by atoms with Crippen LogP contribution in [0.15, 0.2) is 54.6 Å². The lowest BCUT2D eigenvalue weighted by Gasteiger charge is -2.16. The van der Waals surface area contributed by atoms with Gasteiger partial charge in [-0.2, -0.15) is 0 Å². The van der Waals surface area contributed by atoms with E-state index in [-0.39, 0.29) is 11.8 Å². The Labute approximate surface area is 153 Å². The third-order valence-electron chi connectivity index (χ3n) is 4.79. The maximum absolute atomic E-state index is 12.5. The maximum atomic E-state index is 12.5. The van der Waals surface area contributed by atoms with Crippen molar-refractivity contribution < 1.29 is 14.3 Å². The fourth-order valence-corrected chi connectivity index (χ4v) is 3.02. The van der Waals surface area contributed by atoms with Crippen molar-refractivity contribution in [2.75, 3.05) is 13.7 Å². The minimum Gasteiger partial charge on any atom is -0.496 e. The van der Waals surface area contributed by atoms with Gasteiger partial charge in [0.2, 0.25) is 11.8 Å². The van der Waals surface area contributed by atoms with Crippen molar-refractivity contribution in [1.29, 1.82) is 0 Å². The molecule has 1 aliphatic carbocycles. The molecule has 0 aliphatic heterocycles. The van der Waals surface area contributed by atoms with Gasteiger partial charge in [-0.05, 0) is 36.5 Å². The molecule has 2 amide bonds. The lowest BCUT2D eigenvalue weighted by Crippen LogP contribution is -2.43. The zero-order valence-corrected chi connectivity index (χ0v) is 15.0. The lowest BCUT2D eigenvalue weighted by atomic mass is 10.0. The number of rotatable bonds is 8. The first-order valence-electron chi connectivity index (χ1n) is 8.88. The normalized spacial score (nSPS) is 14.3. The number of benzene rings is 2. The molecule has 0 heterocycles. The standard InChI is InChI=1S/C21H24N2O3/c1-26-18-10-6-5-9-17(18)11-14-22-19(24)21(12-13-21)20(25)23-15-16-7-3-2-4-8-16/h2-10H,11-15H2,1H3,(H,22,24)(H,23,25). The molecule has 2 aromatic carbocycles. The minimum atomic E-state index is -0.893. The number of methoxy groups -OCH3 is 1. The zero-order valence-electron chi connectivity index (χ0n) is 15.0. The minimum absolute atomic E-state index is 0.182. The van der Waals surface area contributed by atoms with Crippen LogP contribution in [0.5, 0.6) is 5.75 Å². The quantitative estimate of drug-likeness (QED) is 0.717. The second kappa shape index (κ2) is 8.04. The molecule has 2 N–H and O–H groups in total. The average Bonchev–Trinajstić information content (AvgIpc) is 3.49. The Hall–Kier alpha value is -2.82. The van der Waals surface area contributed by atoms with Crippen molar-refractivity contribution in [2.45, 2.75) is 25.8 Å². The summed E-state index contributed by atoms with van der Waals surface area (Å²) in [5.74, 6) is 0.442. The summed E-state index contributed by atoms with van der Waals surface area (Å²) in [4.78, 5) is 25.0.